The van der Waals surface area contributed by atoms with E-state index in [1.165, 1.54) is 44.5 Å². The Labute approximate surface area is 224 Å². The van der Waals surface area contributed by atoms with Crippen LogP contribution in [0.3, 0.4) is 0 Å². The van der Waals surface area contributed by atoms with Crippen molar-refractivity contribution >= 4 is 8.07 Å². The minimum atomic E-state index is -1.97. The van der Waals surface area contributed by atoms with Gasteiger partial charge in [-0.05, 0) is 66.5 Å². The van der Waals surface area contributed by atoms with Gasteiger partial charge >= 0.3 is 0 Å². The molecular weight excluding hydrogens is 460 g/mol. The van der Waals surface area contributed by atoms with Crippen LogP contribution in [0.15, 0.2) is 84.9 Å². The normalized spacial score (nSPS) is 15.4. The lowest BCUT2D eigenvalue weighted by molar-refractivity contribution is 0.589. The maximum atomic E-state index is 2.65. The summed E-state index contributed by atoms with van der Waals surface area (Å²) >= 11 is 0. The monoisotopic (exact) mass is 500 g/mol. The summed E-state index contributed by atoms with van der Waals surface area (Å²) in [6.45, 7) is 19.3. The quantitative estimate of drug-likeness (QED) is 0.240. The van der Waals surface area contributed by atoms with Crippen LogP contribution < -0.4 is 0 Å². The number of fused-ring (bicyclic) bond motifs is 6. The van der Waals surface area contributed by atoms with Crippen LogP contribution in [0.5, 0.6) is 0 Å². The molecule has 0 aliphatic heterocycles. The van der Waals surface area contributed by atoms with Gasteiger partial charge in [-0.15, -0.1) is 0 Å². The van der Waals surface area contributed by atoms with Crippen LogP contribution in [-0.2, 0) is 10.8 Å². The van der Waals surface area contributed by atoms with Gasteiger partial charge in [0.05, 0.1) is 8.07 Å². The standard InChI is InChI=1S/C36H40Si/c1-35(2,3)23-17-19-29-31(21-23)32-22-24(36(4,5)6)18-20-30(32)34(29)37(7,8)33-27-15-11-9-13-25(27)26-14-10-12-16-28(26)33/h9-22,33-34H,1-8H3. The van der Waals surface area contributed by atoms with E-state index in [0.717, 1.165) is 0 Å². The molecular formula is C36H40Si. The first-order valence-electron chi connectivity index (χ1n) is 13.9. The molecule has 37 heavy (non-hydrogen) atoms. The largest absolute Gasteiger partial charge is 0.0731 e. The van der Waals surface area contributed by atoms with Crippen molar-refractivity contribution in [1.29, 1.82) is 0 Å². The lowest BCUT2D eigenvalue weighted by atomic mass is 9.83. The van der Waals surface area contributed by atoms with E-state index in [-0.39, 0.29) is 10.8 Å². The van der Waals surface area contributed by atoms with Gasteiger partial charge in [0.25, 0.3) is 0 Å². The highest BCUT2D eigenvalue weighted by molar-refractivity contribution is 6.82. The SMILES string of the molecule is CC(C)(C)c1ccc2c(c1)-c1cc(C(C)(C)C)ccc1C2[Si](C)(C)C1c2ccccc2-c2ccccc21. The fourth-order valence-corrected chi connectivity index (χ4v) is 11.7. The van der Waals surface area contributed by atoms with Crippen molar-refractivity contribution in [3.05, 3.63) is 118 Å². The van der Waals surface area contributed by atoms with E-state index in [9.17, 15) is 0 Å². The van der Waals surface area contributed by atoms with Crippen molar-refractivity contribution in [1.82, 2.24) is 0 Å². The maximum Gasteiger partial charge on any atom is 0.0731 e. The van der Waals surface area contributed by atoms with E-state index < -0.39 is 8.07 Å². The Morgan fingerprint density at radius 2 is 0.811 bits per heavy atom. The fourth-order valence-electron chi connectivity index (χ4n) is 7.11. The number of rotatable bonds is 2. The third-order valence-corrected chi connectivity index (χ3v) is 13.3. The molecule has 0 N–H and O–H groups in total. The average Bonchev–Trinajstić information content (AvgIpc) is 3.36. The van der Waals surface area contributed by atoms with Crippen LogP contribution in [0.1, 0.15) is 86.0 Å². The molecule has 4 aromatic rings. The number of hydrogen-bond donors (Lipinski definition) is 0. The van der Waals surface area contributed by atoms with Crippen molar-refractivity contribution < 1.29 is 0 Å². The number of hydrogen-bond acceptors (Lipinski definition) is 0. The molecule has 1 heteroatoms. The van der Waals surface area contributed by atoms with Gasteiger partial charge in [-0.2, -0.15) is 0 Å². The topological polar surface area (TPSA) is 0 Å². The van der Waals surface area contributed by atoms with E-state index in [0.29, 0.717) is 11.1 Å². The van der Waals surface area contributed by atoms with Gasteiger partial charge in [0.1, 0.15) is 0 Å². The molecule has 0 spiro atoms. The first-order valence-corrected chi connectivity index (χ1v) is 17.0. The maximum absolute atomic E-state index is 2.65. The van der Waals surface area contributed by atoms with Gasteiger partial charge in [0.15, 0.2) is 0 Å². The molecule has 0 saturated carbocycles. The Morgan fingerprint density at radius 3 is 1.19 bits per heavy atom. The molecule has 0 atom stereocenters. The van der Waals surface area contributed by atoms with E-state index in [2.05, 4.69) is 140 Å². The summed E-state index contributed by atoms with van der Waals surface area (Å²) in [6, 6.07) is 33.2. The molecule has 0 fully saturated rings. The predicted molar refractivity (Wildman–Crippen MR) is 162 cm³/mol. The van der Waals surface area contributed by atoms with Crippen LogP contribution in [0.25, 0.3) is 22.3 Å². The fraction of sp³-hybridized carbons (Fsp3) is 0.333. The molecule has 188 valence electrons. The lowest BCUT2D eigenvalue weighted by Crippen LogP contribution is -2.42. The minimum Gasteiger partial charge on any atom is -0.0679 e. The van der Waals surface area contributed by atoms with Gasteiger partial charge < -0.3 is 0 Å². The Hall–Kier alpha value is -2.90. The molecule has 0 radical (unpaired) electrons. The van der Waals surface area contributed by atoms with Crippen molar-refractivity contribution in [2.75, 3.05) is 0 Å². The Kier molecular flexibility index (Phi) is 5.31. The molecule has 6 rings (SSSR count). The highest BCUT2D eigenvalue weighted by Crippen LogP contribution is 2.58. The van der Waals surface area contributed by atoms with Crippen LogP contribution in [0, 0.1) is 0 Å². The molecule has 0 nitrogen and oxygen atoms in total. The summed E-state index contributed by atoms with van der Waals surface area (Å²) < 4.78 is 0. The lowest BCUT2D eigenvalue weighted by Gasteiger charge is -2.38. The van der Waals surface area contributed by atoms with Gasteiger partial charge in [0, 0.05) is 11.1 Å². The molecule has 0 bridgehead atoms. The third kappa shape index (κ3) is 3.69. The number of benzene rings is 4. The van der Waals surface area contributed by atoms with Crippen LogP contribution in [0.4, 0.5) is 0 Å². The molecule has 2 aliphatic rings. The van der Waals surface area contributed by atoms with Crippen molar-refractivity contribution in [2.24, 2.45) is 0 Å². The zero-order chi connectivity index (χ0) is 26.3. The van der Waals surface area contributed by atoms with Crippen molar-refractivity contribution in [2.45, 2.75) is 76.5 Å². The second-order valence-corrected chi connectivity index (χ2v) is 18.8. The van der Waals surface area contributed by atoms with Gasteiger partial charge in [-0.25, -0.2) is 0 Å². The van der Waals surface area contributed by atoms with E-state index in [1.54, 1.807) is 11.1 Å². The zero-order valence-electron chi connectivity index (χ0n) is 23.7. The Bertz CT molecular complexity index is 1410. The first kappa shape index (κ1) is 24.4. The molecule has 4 aromatic carbocycles. The second kappa shape index (κ2) is 8.05. The highest BCUT2D eigenvalue weighted by atomic mass is 28.3. The third-order valence-electron chi connectivity index (χ3n) is 9.07. The highest BCUT2D eigenvalue weighted by Gasteiger charge is 2.49. The predicted octanol–water partition coefficient (Wildman–Crippen LogP) is 9.99. The van der Waals surface area contributed by atoms with E-state index in [4.69, 9.17) is 0 Å². The van der Waals surface area contributed by atoms with Crippen LogP contribution >= 0.6 is 0 Å². The van der Waals surface area contributed by atoms with Gasteiger partial charge in [0.2, 0.25) is 0 Å². The van der Waals surface area contributed by atoms with Crippen molar-refractivity contribution in [3.8, 4) is 22.3 Å². The minimum absolute atomic E-state index is 0.130. The first-order chi connectivity index (χ1) is 17.4. The van der Waals surface area contributed by atoms with Gasteiger partial charge in [-0.1, -0.05) is 140 Å². The van der Waals surface area contributed by atoms with E-state index in [1.807, 2.05) is 0 Å². The summed E-state index contributed by atoms with van der Waals surface area (Å²) in [5, 5.41) is 0. The van der Waals surface area contributed by atoms with Gasteiger partial charge in [-0.3, -0.25) is 0 Å². The average molecular weight is 501 g/mol. The Morgan fingerprint density at radius 1 is 0.459 bits per heavy atom. The molecule has 0 heterocycles. The molecule has 0 saturated heterocycles. The summed E-state index contributed by atoms with van der Waals surface area (Å²) in [6.07, 6.45) is 0. The Balaban J connectivity index is 1.59. The van der Waals surface area contributed by atoms with Crippen LogP contribution in [-0.4, -0.2) is 8.07 Å². The summed E-state index contributed by atoms with van der Waals surface area (Å²) in [7, 11) is -1.97. The summed E-state index contributed by atoms with van der Waals surface area (Å²) in [5.74, 6) is 0. The zero-order valence-corrected chi connectivity index (χ0v) is 24.7. The molecule has 0 amide bonds. The van der Waals surface area contributed by atoms with Crippen LogP contribution in [0.2, 0.25) is 13.1 Å². The second-order valence-electron chi connectivity index (χ2n) is 14.0. The smallest absolute Gasteiger partial charge is 0.0679 e. The van der Waals surface area contributed by atoms with E-state index >= 15 is 0 Å². The summed E-state index contributed by atoms with van der Waals surface area (Å²) in [4.78, 5) is 0. The molecule has 0 aromatic heterocycles. The van der Waals surface area contributed by atoms with Crippen molar-refractivity contribution in [3.63, 3.8) is 0 Å². The summed E-state index contributed by atoms with van der Waals surface area (Å²) in [5.41, 5.74) is 16.0. The molecule has 2 aliphatic carbocycles. The molecule has 0 unspecified atom stereocenters.